The van der Waals surface area contributed by atoms with Crippen molar-refractivity contribution < 1.29 is 13.2 Å². The zero-order valence-electron chi connectivity index (χ0n) is 10.9. The van der Waals surface area contributed by atoms with Crippen molar-refractivity contribution in [3.05, 3.63) is 34.5 Å². The molecule has 2 nitrogen and oxygen atoms in total. The van der Waals surface area contributed by atoms with Gasteiger partial charge in [0.15, 0.2) is 0 Å². The molecule has 0 aliphatic heterocycles. The summed E-state index contributed by atoms with van der Waals surface area (Å²) in [6, 6.07) is 5.43. The first kappa shape index (κ1) is 13.5. The Hall–Kier alpha value is -1.96. The predicted octanol–water partition coefficient (Wildman–Crippen LogP) is 3.88. The summed E-state index contributed by atoms with van der Waals surface area (Å²) in [5.41, 5.74) is 1.45. The Balaban J connectivity index is 3.01. The smallest absolute Gasteiger partial charge is 0.340 e. The third kappa shape index (κ3) is 1.97. The first-order valence-corrected chi connectivity index (χ1v) is 5.80. The molecule has 2 aromatic rings. The van der Waals surface area contributed by atoms with Gasteiger partial charge in [-0.15, -0.1) is 0 Å². The Labute approximate surface area is 109 Å². The third-order valence-corrected chi connectivity index (χ3v) is 3.37. The van der Waals surface area contributed by atoms with Crippen molar-refractivity contribution in [1.29, 1.82) is 5.26 Å². The van der Waals surface area contributed by atoms with E-state index in [4.69, 9.17) is 5.26 Å². The SMILES string of the molecule is Cc1ccc(C)c2c1c(CC#N)c(C(F)(F)F)n2C. The van der Waals surface area contributed by atoms with E-state index in [1.54, 1.807) is 26.0 Å². The van der Waals surface area contributed by atoms with Crippen LogP contribution in [0.3, 0.4) is 0 Å². The van der Waals surface area contributed by atoms with Crippen LogP contribution in [-0.2, 0) is 19.6 Å². The van der Waals surface area contributed by atoms with Crippen LogP contribution in [0.15, 0.2) is 12.1 Å². The van der Waals surface area contributed by atoms with E-state index >= 15 is 0 Å². The van der Waals surface area contributed by atoms with E-state index < -0.39 is 11.9 Å². The topological polar surface area (TPSA) is 28.7 Å². The number of aryl methyl sites for hydroxylation is 3. The molecule has 0 amide bonds. The molecule has 100 valence electrons. The second-order valence-corrected chi connectivity index (χ2v) is 4.64. The number of halogens is 3. The molecule has 0 saturated heterocycles. The molecule has 1 aromatic heterocycles. The van der Waals surface area contributed by atoms with Crippen LogP contribution in [-0.4, -0.2) is 4.57 Å². The van der Waals surface area contributed by atoms with Crippen molar-refractivity contribution in [2.75, 3.05) is 0 Å². The quantitative estimate of drug-likeness (QED) is 0.770. The summed E-state index contributed by atoms with van der Waals surface area (Å²) in [5, 5.41) is 9.36. The van der Waals surface area contributed by atoms with Crippen molar-refractivity contribution in [3.8, 4) is 6.07 Å². The fourth-order valence-electron chi connectivity index (χ4n) is 2.65. The Morgan fingerprint density at radius 3 is 2.32 bits per heavy atom. The maximum absolute atomic E-state index is 13.2. The molecule has 0 aliphatic rings. The van der Waals surface area contributed by atoms with Gasteiger partial charge in [-0.05, 0) is 25.0 Å². The molecule has 0 spiro atoms. The molecule has 1 aromatic carbocycles. The average Bonchev–Trinajstić information content (AvgIpc) is 2.58. The molecule has 0 saturated carbocycles. The monoisotopic (exact) mass is 266 g/mol. The van der Waals surface area contributed by atoms with E-state index in [1.807, 2.05) is 6.07 Å². The highest BCUT2D eigenvalue weighted by Crippen LogP contribution is 2.39. The van der Waals surface area contributed by atoms with Crippen LogP contribution in [0.5, 0.6) is 0 Å². The van der Waals surface area contributed by atoms with Crippen LogP contribution in [0.1, 0.15) is 22.4 Å². The van der Waals surface area contributed by atoms with Crippen LogP contribution < -0.4 is 0 Å². The molecule has 0 unspecified atom stereocenters. The summed E-state index contributed by atoms with van der Waals surface area (Å²) in [6.07, 6.45) is -4.70. The minimum Gasteiger partial charge on any atom is -0.340 e. The Bertz CT molecular complexity index is 687. The number of fused-ring (bicyclic) bond motifs is 1. The number of alkyl halides is 3. The lowest BCUT2D eigenvalue weighted by atomic mass is 10.0. The molecule has 0 aliphatic carbocycles. The lowest BCUT2D eigenvalue weighted by molar-refractivity contribution is -0.143. The fourth-order valence-corrected chi connectivity index (χ4v) is 2.65. The first-order valence-electron chi connectivity index (χ1n) is 5.80. The number of hydrogen-bond acceptors (Lipinski definition) is 1. The number of hydrogen-bond donors (Lipinski definition) is 0. The van der Waals surface area contributed by atoms with Gasteiger partial charge < -0.3 is 4.57 Å². The van der Waals surface area contributed by atoms with Gasteiger partial charge in [-0.3, -0.25) is 0 Å². The highest BCUT2D eigenvalue weighted by Gasteiger charge is 2.38. The van der Waals surface area contributed by atoms with E-state index in [0.717, 1.165) is 15.7 Å². The molecule has 0 fully saturated rings. The lowest BCUT2D eigenvalue weighted by Crippen LogP contribution is -2.13. The van der Waals surface area contributed by atoms with Gasteiger partial charge in [0.1, 0.15) is 5.69 Å². The molecule has 0 radical (unpaired) electrons. The number of nitriles is 1. The summed E-state index contributed by atoms with van der Waals surface area (Å²) >= 11 is 0. The van der Waals surface area contributed by atoms with Gasteiger partial charge in [-0.1, -0.05) is 12.1 Å². The molecule has 0 N–H and O–H groups in total. The van der Waals surface area contributed by atoms with E-state index in [-0.39, 0.29) is 12.0 Å². The maximum Gasteiger partial charge on any atom is 0.431 e. The summed E-state index contributed by atoms with van der Waals surface area (Å²) in [7, 11) is 1.40. The molecule has 19 heavy (non-hydrogen) atoms. The van der Waals surface area contributed by atoms with E-state index in [9.17, 15) is 13.2 Å². The first-order chi connectivity index (χ1) is 8.79. The van der Waals surface area contributed by atoms with Crippen LogP contribution in [0.2, 0.25) is 0 Å². The molecule has 0 bridgehead atoms. The lowest BCUT2D eigenvalue weighted by Gasteiger charge is -2.10. The second-order valence-electron chi connectivity index (χ2n) is 4.64. The minimum atomic E-state index is -4.46. The highest BCUT2D eigenvalue weighted by atomic mass is 19.4. The second kappa shape index (κ2) is 4.30. The standard InChI is InChI=1S/C14H13F3N2/c1-8-4-5-9(2)12-11(8)10(6-7-18)13(19(12)3)14(15,16)17/h4-5H,6H2,1-3H3. The number of benzene rings is 1. The Kier molecular flexibility index (Phi) is 3.05. The number of nitrogens with zero attached hydrogens (tertiary/aromatic N) is 2. The normalized spacial score (nSPS) is 11.8. The molecule has 5 heteroatoms. The highest BCUT2D eigenvalue weighted by molar-refractivity contribution is 5.91. The van der Waals surface area contributed by atoms with Crippen molar-refractivity contribution >= 4 is 10.9 Å². The molecule has 1 heterocycles. The summed E-state index contributed by atoms with van der Waals surface area (Å²) in [4.78, 5) is 0. The van der Waals surface area contributed by atoms with Gasteiger partial charge in [-0.25, -0.2) is 0 Å². The number of aromatic nitrogens is 1. The van der Waals surface area contributed by atoms with Crippen LogP contribution in [0.4, 0.5) is 13.2 Å². The summed E-state index contributed by atoms with van der Waals surface area (Å²) in [6.45, 7) is 3.54. The van der Waals surface area contributed by atoms with E-state index in [0.29, 0.717) is 10.9 Å². The Morgan fingerprint density at radius 1 is 1.21 bits per heavy atom. The number of rotatable bonds is 1. The van der Waals surface area contributed by atoms with Gasteiger partial charge in [0, 0.05) is 18.0 Å². The molecule has 2 rings (SSSR count). The minimum absolute atomic E-state index is 0.0775. The average molecular weight is 266 g/mol. The van der Waals surface area contributed by atoms with Crippen LogP contribution in [0, 0.1) is 25.2 Å². The third-order valence-electron chi connectivity index (χ3n) is 3.37. The molecular weight excluding hydrogens is 253 g/mol. The largest absolute Gasteiger partial charge is 0.431 e. The maximum atomic E-state index is 13.2. The van der Waals surface area contributed by atoms with E-state index in [2.05, 4.69) is 0 Å². The molecular formula is C14H13F3N2. The van der Waals surface area contributed by atoms with Gasteiger partial charge in [0.25, 0.3) is 0 Å². The van der Waals surface area contributed by atoms with Crippen molar-refractivity contribution in [3.63, 3.8) is 0 Å². The van der Waals surface area contributed by atoms with Crippen LogP contribution in [0.25, 0.3) is 10.9 Å². The summed E-state index contributed by atoms with van der Waals surface area (Å²) < 4.78 is 40.8. The predicted molar refractivity (Wildman–Crippen MR) is 66.7 cm³/mol. The zero-order chi connectivity index (χ0) is 14.4. The van der Waals surface area contributed by atoms with Crippen molar-refractivity contribution in [2.45, 2.75) is 26.4 Å². The van der Waals surface area contributed by atoms with Gasteiger partial charge in [0.2, 0.25) is 0 Å². The zero-order valence-corrected chi connectivity index (χ0v) is 10.9. The van der Waals surface area contributed by atoms with Gasteiger partial charge >= 0.3 is 6.18 Å². The van der Waals surface area contributed by atoms with Crippen LogP contribution >= 0.6 is 0 Å². The Morgan fingerprint density at radius 2 is 1.79 bits per heavy atom. The van der Waals surface area contributed by atoms with Crippen molar-refractivity contribution in [1.82, 2.24) is 4.57 Å². The van der Waals surface area contributed by atoms with Gasteiger partial charge in [-0.2, -0.15) is 18.4 Å². The fraction of sp³-hybridized carbons (Fsp3) is 0.357. The molecule has 0 atom stereocenters. The van der Waals surface area contributed by atoms with E-state index in [1.165, 1.54) is 7.05 Å². The van der Waals surface area contributed by atoms with Crippen molar-refractivity contribution in [2.24, 2.45) is 7.05 Å². The van der Waals surface area contributed by atoms with Gasteiger partial charge in [0.05, 0.1) is 18.0 Å². The summed E-state index contributed by atoms with van der Waals surface area (Å²) in [5.74, 6) is 0.